The molecule has 0 atom stereocenters. The average Bonchev–Trinajstić information content (AvgIpc) is 3.29. The highest BCUT2D eigenvalue weighted by atomic mass is 16.2. The lowest BCUT2D eigenvalue weighted by molar-refractivity contribution is -0.132. The van der Waals surface area contributed by atoms with E-state index >= 15 is 0 Å². The Hall–Kier alpha value is -2.96. The Morgan fingerprint density at radius 2 is 2.04 bits per heavy atom. The van der Waals surface area contributed by atoms with Gasteiger partial charge in [-0.3, -0.25) is 4.79 Å². The maximum atomic E-state index is 12.5. The normalized spacial score (nSPS) is 13.7. The van der Waals surface area contributed by atoms with Crippen LogP contribution in [0.15, 0.2) is 49.2 Å². The number of benzene rings is 1. The molecule has 0 fully saturated rings. The van der Waals surface area contributed by atoms with Gasteiger partial charge in [0.25, 0.3) is 0 Å². The van der Waals surface area contributed by atoms with E-state index < -0.39 is 0 Å². The van der Waals surface area contributed by atoms with Crippen LogP contribution >= 0.6 is 0 Å². The molecule has 128 valence electrons. The summed E-state index contributed by atoms with van der Waals surface area (Å²) in [7, 11) is 0. The molecule has 7 heteroatoms. The molecule has 0 N–H and O–H groups in total. The average molecular weight is 336 g/mol. The Morgan fingerprint density at radius 1 is 1.16 bits per heavy atom. The predicted molar refractivity (Wildman–Crippen MR) is 91.5 cm³/mol. The van der Waals surface area contributed by atoms with E-state index in [1.807, 2.05) is 29.3 Å². The highest BCUT2D eigenvalue weighted by Crippen LogP contribution is 2.15. The zero-order valence-electron chi connectivity index (χ0n) is 14.0. The molecule has 0 spiro atoms. The van der Waals surface area contributed by atoms with E-state index in [1.165, 1.54) is 11.9 Å². The summed E-state index contributed by atoms with van der Waals surface area (Å²) in [5.41, 5.74) is 2.14. The topological polar surface area (TPSA) is 68.8 Å². The number of carbonyl (C=O) groups is 1. The van der Waals surface area contributed by atoms with Gasteiger partial charge in [0.2, 0.25) is 5.91 Å². The fourth-order valence-corrected chi connectivity index (χ4v) is 3.13. The lowest BCUT2D eigenvalue weighted by Crippen LogP contribution is -2.38. The van der Waals surface area contributed by atoms with E-state index in [4.69, 9.17) is 0 Å². The Morgan fingerprint density at radius 3 is 2.84 bits per heavy atom. The van der Waals surface area contributed by atoms with Crippen LogP contribution in [-0.2, 0) is 30.8 Å². The molecule has 1 aliphatic rings. The Balaban J connectivity index is 1.37. The second-order valence-electron chi connectivity index (χ2n) is 6.24. The molecule has 0 aliphatic carbocycles. The number of amides is 1. The number of aromatic nitrogens is 5. The van der Waals surface area contributed by atoms with E-state index in [0.29, 0.717) is 19.5 Å². The van der Waals surface area contributed by atoms with Gasteiger partial charge in [0, 0.05) is 25.7 Å². The van der Waals surface area contributed by atoms with Crippen LogP contribution in [0.4, 0.5) is 0 Å². The van der Waals surface area contributed by atoms with Crippen LogP contribution in [0.25, 0.3) is 0 Å². The monoisotopic (exact) mass is 336 g/mol. The van der Waals surface area contributed by atoms with Crippen LogP contribution < -0.4 is 0 Å². The Bertz CT molecular complexity index is 840. The van der Waals surface area contributed by atoms with Crippen molar-refractivity contribution in [3.8, 4) is 0 Å². The van der Waals surface area contributed by atoms with Gasteiger partial charge in [0.15, 0.2) is 0 Å². The minimum Gasteiger partial charge on any atom is -0.333 e. The molecule has 4 rings (SSSR count). The molecule has 1 amide bonds. The molecule has 1 aromatic carbocycles. The van der Waals surface area contributed by atoms with Crippen molar-refractivity contribution in [2.24, 2.45) is 0 Å². The highest BCUT2D eigenvalue weighted by Gasteiger charge is 2.22. The van der Waals surface area contributed by atoms with Gasteiger partial charge in [-0.25, -0.2) is 14.6 Å². The van der Waals surface area contributed by atoms with Gasteiger partial charge in [0.05, 0.1) is 18.8 Å². The molecule has 3 heterocycles. The molecule has 0 unspecified atom stereocenters. The number of imidazole rings is 1. The Kier molecular flexibility index (Phi) is 4.28. The number of carbonyl (C=O) groups excluding carboxylic acids is 1. The molecular weight excluding hydrogens is 316 g/mol. The highest BCUT2D eigenvalue weighted by molar-refractivity contribution is 5.76. The zero-order valence-corrected chi connectivity index (χ0v) is 14.0. The summed E-state index contributed by atoms with van der Waals surface area (Å²) in [6.45, 7) is 2.70. The van der Waals surface area contributed by atoms with Crippen molar-refractivity contribution < 1.29 is 4.79 Å². The van der Waals surface area contributed by atoms with Crippen molar-refractivity contribution in [3.05, 3.63) is 66.3 Å². The van der Waals surface area contributed by atoms with Crippen molar-refractivity contribution in [3.63, 3.8) is 0 Å². The first-order valence-electron chi connectivity index (χ1n) is 8.47. The summed E-state index contributed by atoms with van der Waals surface area (Å²) in [5, 5.41) is 4.11. The molecule has 0 saturated heterocycles. The predicted octanol–water partition coefficient (Wildman–Crippen LogP) is 1.50. The Labute approximate surface area is 145 Å². The first-order chi connectivity index (χ1) is 12.3. The van der Waals surface area contributed by atoms with Crippen LogP contribution in [-0.4, -0.2) is 41.7 Å². The summed E-state index contributed by atoms with van der Waals surface area (Å²) in [6.07, 6.45) is 6.56. The fourth-order valence-electron chi connectivity index (χ4n) is 3.13. The van der Waals surface area contributed by atoms with Gasteiger partial charge in [-0.05, 0) is 12.0 Å². The first kappa shape index (κ1) is 15.6. The molecular formula is C18H20N6O. The van der Waals surface area contributed by atoms with Crippen molar-refractivity contribution in [1.29, 1.82) is 0 Å². The van der Waals surface area contributed by atoms with E-state index in [2.05, 4.69) is 31.8 Å². The van der Waals surface area contributed by atoms with Gasteiger partial charge >= 0.3 is 0 Å². The third-order valence-electron chi connectivity index (χ3n) is 4.47. The van der Waals surface area contributed by atoms with E-state index in [1.54, 1.807) is 11.0 Å². The number of hydrogen-bond acceptors (Lipinski definition) is 4. The van der Waals surface area contributed by atoms with Crippen molar-refractivity contribution in [2.75, 3.05) is 6.54 Å². The SMILES string of the molecule is O=C(CCc1ccccc1)N1CCn2cc(Cn3cncn3)nc2C1. The molecule has 2 aromatic heterocycles. The van der Waals surface area contributed by atoms with Crippen molar-refractivity contribution >= 4 is 5.91 Å². The maximum Gasteiger partial charge on any atom is 0.223 e. The van der Waals surface area contributed by atoms with Crippen molar-refractivity contribution in [1.82, 2.24) is 29.2 Å². The van der Waals surface area contributed by atoms with E-state index in [-0.39, 0.29) is 5.91 Å². The molecule has 25 heavy (non-hydrogen) atoms. The number of rotatable bonds is 5. The van der Waals surface area contributed by atoms with Gasteiger partial charge in [0.1, 0.15) is 18.5 Å². The maximum absolute atomic E-state index is 12.5. The van der Waals surface area contributed by atoms with Crippen molar-refractivity contribution in [2.45, 2.75) is 32.5 Å². The molecule has 3 aromatic rings. The van der Waals surface area contributed by atoms with E-state index in [9.17, 15) is 4.79 Å². The summed E-state index contributed by atoms with van der Waals surface area (Å²) < 4.78 is 3.88. The molecule has 0 saturated carbocycles. The smallest absolute Gasteiger partial charge is 0.223 e. The van der Waals surface area contributed by atoms with Crippen LogP contribution in [0.5, 0.6) is 0 Å². The quantitative estimate of drug-likeness (QED) is 0.708. The van der Waals surface area contributed by atoms with Gasteiger partial charge in [-0.15, -0.1) is 0 Å². The lowest BCUT2D eigenvalue weighted by atomic mass is 10.1. The summed E-state index contributed by atoms with van der Waals surface area (Å²) >= 11 is 0. The minimum absolute atomic E-state index is 0.191. The standard InChI is InChI=1S/C18H20N6O/c25-18(7-6-15-4-2-1-3-5-15)23-9-8-22-10-16(21-17(22)12-23)11-24-14-19-13-20-24/h1-5,10,13-14H,6-9,11-12H2. The lowest BCUT2D eigenvalue weighted by Gasteiger charge is -2.27. The number of nitrogens with zero attached hydrogens (tertiary/aromatic N) is 6. The summed E-state index contributed by atoms with van der Waals surface area (Å²) in [6, 6.07) is 10.1. The van der Waals surface area contributed by atoms with Crippen LogP contribution in [0.3, 0.4) is 0 Å². The number of fused-ring (bicyclic) bond motifs is 1. The minimum atomic E-state index is 0.191. The fraction of sp³-hybridized carbons (Fsp3) is 0.333. The number of hydrogen-bond donors (Lipinski definition) is 0. The van der Waals surface area contributed by atoms with Gasteiger partial charge in [-0.1, -0.05) is 30.3 Å². The van der Waals surface area contributed by atoms with E-state index in [0.717, 1.165) is 31.0 Å². The third-order valence-corrected chi connectivity index (χ3v) is 4.47. The summed E-state index contributed by atoms with van der Waals surface area (Å²) in [5.74, 6) is 1.13. The van der Waals surface area contributed by atoms with Crippen LogP contribution in [0.1, 0.15) is 23.5 Å². The zero-order chi connectivity index (χ0) is 17.1. The second kappa shape index (κ2) is 6.88. The van der Waals surface area contributed by atoms with Crippen LogP contribution in [0.2, 0.25) is 0 Å². The van der Waals surface area contributed by atoms with Gasteiger partial charge in [-0.2, -0.15) is 5.10 Å². The molecule has 1 aliphatic heterocycles. The summed E-state index contributed by atoms with van der Waals surface area (Å²) in [4.78, 5) is 23.0. The second-order valence-corrected chi connectivity index (χ2v) is 6.24. The van der Waals surface area contributed by atoms with Crippen LogP contribution in [0, 0.1) is 0 Å². The first-order valence-corrected chi connectivity index (χ1v) is 8.47. The third kappa shape index (κ3) is 3.60. The van der Waals surface area contributed by atoms with Gasteiger partial charge < -0.3 is 9.47 Å². The molecule has 0 radical (unpaired) electrons. The largest absolute Gasteiger partial charge is 0.333 e. The molecule has 7 nitrogen and oxygen atoms in total. The molecule has 0 bridgehead atoms. The number of aryl methyl sites for hydroxylation is 1.